The van der Waals surface area contributed by atoms with Gasteiger partial charge < -0.3 is 14.6 Å². The number of methoxy groups -OCH3 is 1. The summed E-state index contributed by atoms with van der Waals surface area (Å²) in [4.78, 5) is 16.5. The fraction of sp³-hybridized carbons (Fsp3) is 0.263. The third kappa shape index (κ3) is 3.03. The van der Waals surface area contributed by atoms with Crippen LogP contribution in [0.15, 0.2) is 48.5 Å². The summed E-state index contributed by atoms with van der Waals surface area (Å²) in [5, 5.41) is 2.63. The van der Waals surface area contributed by atoms with E-state index in [1.54, 1.807) is 14.2 Å². The average Bonchev–Trinajstić information content (AvgIpc) is 2.99. The summed E-state index contributed by atoms with van der Waals surface area (Å²) in [6.45, 7) is 2.75. The fourth-order valence-corrected chi connectivity index (χ4v) is 2.73. The molecule has 0 bridgehead atoms. The molecule has 0 saturated heterocycles. The Kier molecular flexibility index (Phi) is 4.62. The predicted molar refractivity (Wildman–Crippen MR) is 95.0 cm³/mol. The van der Waals surface area contributed by atoms with Crippen LogP contribution in [0, 0.1) is 0 Å². The third-order valence-electron chi connectivity index (χ3n) is 4.13. The minimum absolute atomic E-state index is 0.0755. The lowest BCUT2D eigenvalue weighted by Crippen LogP contribution is -2.17. The number of ether oxygens (including phenoxy) is 1. The van der Waals surface area contributed by atoms with Crippen LogP contribution >= 0.6 is 0 Å². The van der Waals surface area contributed by atoms with Crippen molar-refractivity contribution < 1.29 is 9.53 Å². The second kappa shape index (κ2) is 6.84. The van der Waals surface area contributed by atoms with Gasteiger partial charge in [-0.3, -0.25) is 4.79 Å². The molecule has 0 radical (unpaired) electrons. The Morgan fingerprint density at radius 3 is 2.58 bits per heavy atom. The Morgan fingerprint density at radius 1 is 1.21 bits per heavy atom. The van der Waals surface area contributed by atoms with Gasteiger partial charge in [0.05, 0.1) is 23.7 Å². The second-order valence-corrected chi connectivity index (χ2v) is 5.74. The molecule has 3 aromatic rings. The number of hydrogen-bond donors (Lipinski definition) is 1. The number of nitrogens with zero attached hydrogens (tertiary/aromatic N) is 2. The Bertz CT molecular complexity index is 853. The van der Waals surface area contributed by atoms with Crippen molar-refractivity contribution in [1.82, 2.24) is 14.9 Å². The van der Waals surface area contributed by atoms with E-state index in [2.05, 4.69) is 16.0 Å². The lowest BCUT2D eigenvalue weighted by Gasteiger charge is -2.14. The standard InChI is InChI=1S/C19H21N3O2/c1-13(24-3)12-22-17-7-5-4-6-16(17)21-18(22)14-8-10-15(11-9-14)19(23)20-2/h4-11,13H,12H2,1-3H3,(H,20,23). The first-order chi connectivity index (χ1) is 11.6. The maximum absolute atomic E-state index is 11.7. The lowest BCUT2D eigenvalue weighted by atomic mass is 10.1. The highest BCUT2D eigenvalue weighted by molar-refractivity contribution is 5.94. The van der Waals surface area contributed by atoms with Gasteiger partial charge in [0.25, 0.3) is 5.91 Å². The molecule has 24 heavy (non-hydrogen) atoms. The number of hydrogen-bond acceptors (Lipinski definition) is 3. The number of rotatable bonds is 5. The van der Waals surface area contributed by atoms with Crippen molar-refractivity contribution in [1.29, 1.82) is 0 Å². The van der Waals surface area contributed by atoms with Crippen molar-refractivity contribution >= 4 is 16.9 Å². The van der Waals surface area contributed by atoms with Gasteiger partial charge in [-0.15, -0.1) is 0 Å². The number of carbonyl (C=O) groups excluding carboxylic acids is 1. The molecule has 3 rings (SSSR count). The molecule has 0 aliphatic carbocycles. The number of fused-ring (bicyclic) bond motifs is 1. The Morgan fingerprint density at radius 2 is 1.92 bits per heavy atom. The van der Waals surface area contributed by atoms with Gasteiger partial charge in [0.2, 0.25) is 0 Å². The van der Waals surface area contributed by atoms with Crippen LogP contribution in [-0.4, -0.2) is 35.7 Å². The molecule has 0 aliphatic rings. The van der Waals surface area contributed by atoms with Crippen LogP contribution < -0.4 is 5.32 Å². The highest BCUT2D eigenvalue weighted by atomic mass is 16.5. The summed E-state index contributed by atoms with van der Waals surface area (Å²) >= 11 is 0. The maximum Gasteiger partial charge on any atom is 0.251 e. The number of para-hydroxylation sites is 2. The second-order valence-electron chi connectivity index (χ2n) is 5.74. The summed E-state index contributed by atoms with van der Waals surface area (Å²) in [6, 6.07) is 15.6. The zero-order valence-corrected chi connectivity index (χ0v) is 14.1. The van der Waals surface area contributed by atoms with Crippen LogP contribution in [0.1, 0.15) is 17.3 Å². The summed E-state index contributed by atoms with van der Waals surface area (Å²) in [7, 11) is 3.34. The van der Waals surface area contributed by atoms with E-state index in [1.165, 1.54) is 0 Å². The van der Waals surface area contributed by atoms with E-state index < -0.39 is 0 Å². The van der Waals surface area contributed by atoms with E-state index >= 15 is 0 Å². The quantitative estimate of drug-likeness (QED) is 0.785. The first kappa shape index (κ1) is 16.2. The molecule has 1 atom stereocenters. The lowest BCUT2D eigenvalue weighted by molar-refractivity contribution is 0.0963. The van der Waals surface area contributed by atoms with Crippen LogP contribution in [-0.2, 0) is 11.3 Å². The molecule has 2 aromatic carbocycles. The van der Waals surface area contributed by atoms with Crippen LogP contribution in [0.4, 0.5) is 0 Å². The molecular weight excluding hydrogens is 302 g/mol. The molecule has 1 amide bonds. The van der Waals surface area contributed by atoms with Crippen molar-refractivity contribution in [2.45, 2.75) is 19.6 Å². The first-order valence-corrected chi connectivity index (χ1v) is 7.94. The summed E-state index contributed by atoms with van der Waals surface area (Å²) in [5.74, 6) is 0.784. The summed E-state index contributed by atoms with van der Waals surface area (Å²) < 4.78 is 7.59. The number of nitrogens with one attached hydrogen (secondary N) is 1. The Balaban J connectivity index is 2.07. The van der Waals surface area contributed by atoms with E-state index in [9.17, 15) is 4.79 Å². The molecule has 124 valence electrons. The Labute approximate surface area is 141 Å². The van der Waals surface area contributed by atoms with Crippen LogP contribution in [0.5, 0.6) is 0 Å². The number of benzene rings is 2. The van der Waals surface area contributed by atoms with Crippen molar-refractivity contribution in [3.05, 3.63) is 54.1 Å². The topological polar surface area (TPSA) is 56.2 Å². The molecule has 0 saturated carbocycles. The maximum atomic E-state index is 11.7. The van der Waals surface area contributed by atoms with E-state index in [4.69, 9.17) is 9.72 Å². The normalized spacial score (nSPS) is 12.3. The number of imidazole rings is 1. The van der Waals surface area contributed by atoms with Gasteiger partial charge in [-0.2, -0.15) is 0 Å². The molecule has 1 aromatic heterocycles. The van der Waals surface area contributed by atoms with Gasteiger partial charge in [0.1, 0.15) is 5.82 Å². The average molecular weight is 323 g/mol. The molecule has 5 nitrogen and oxygen atoms in total. The molecule has 5 heteroatoms. The number of aromatic nitrogens is 2. The molecule has 1 unspecified atom stereocenters. The highest BCUT2D eigenvalue weighted by Crippen LogP contribution is 2.25. The third-order valence-corrected chi connectivity index (χ3v) is 4.13. The van der Waals surface area contributed by atoms with Crippen LogP contribution in [0.3, 0.4) is 0 Å². The van der Waals surface area contributed by atoms with Gasteiger partial charge in [0, 0.05) is 25.3 Å². The van der Waals surface area contributed by atoms with E-state index in [-0.39, 0.29) is 12.0 Å². The fourth-order valence-electron chi connectivity index (χ4n) is 2.73. The smallest absolute Gasteiger partial charge is 0.251 e. The molecule has 0 aliphatic heterocycles. The first-order valence-electron chi connectivity index (χ1n) is 7.94. The van der Waals surface area contributed by atoms with E-state index in [1.807, 2.05) is 49.4 Å². The van der Waals surface area contributed by atoms with Crippen LogP contribution in [0.2, 0.25) is 0 Å². The van der Waals surface area contributed by atoms with Crippen molar-refractivity contribution in [2.24, 2.45) is 0 Å². The largest absolute Gasteiger partial charge is 0.380 e. The molecule has 1 N–H and O–H groups in total. The van der Waals surface area contributed by atoms with Gasteiger partial charge in [-0.1, -0.05) is 24.3 Å². The van der Waals surface area contributed by atoms with Crippen molar-refractivity contribution in [2.75, 3.05) is 14.2 Å². The number of amides is 1. The van der Waals surface area contributed by atoms with Gasteiger partial charge >= 0.3 is 0 Å². The van der Waals surface area contributed by atoms with Crippen molar-refractivity contribution in [3.63, 3.8) is 0 Å². The predicted octanol–water partition coefficient (Wildman–Crippen LogP) is 3.10. The van der Waals surface area contributed by atoms with Crippen molar-refractivity contribution in [3.8, 4) is 11.4 Å². The van der Waals surface area contributed by atoms with E-state index in [0.29, 0.717) is 12.1 Å². The molecule has 0 spiro atoms. The van der Waals surface area contributed by atoms with Gasteiger partial charge in [0.15, 0.2) is 0 Å². The zero-order chi connectivity index (χ0) is 17.1. The summed E-state index contributed by atoms with van der Waals surface area (Å²) in [6.07, 6.45) is 0.0755. The SMILES string of the molecule is CNC(=O)c1ccc(-c2nc3ccccc3n2CC(C)OC)cc1. The monoisotopic (exact) mass is 323 g/mol. The van der Waals surface area contributed by atoms with Gasteiger partial charge in [-0.05, 0) is 31.2 Å². The molecule has 0 fully saturated rings. The minimum atomic E-state index is -0.0944. The molecular formula is C19H21N3O2. The summed E-state index contributed by atoms with van der Waals surface area (Å²) in [5.41, 5.74) is 3.63. The van der Waals surface area contributed by atoms with Crippen LogP contribution in [0.25, 0.3) is 22.4 Å². The highest BCUT2D eigenvalue weighted by Gasteiger charge is 2.15. The molecule has 1 heterocycles. The van der Waals surface area contributed by atoms with Gasteiger partial charge in [-0.25, -0.2) is 4.98 Å². The number of carbonyl (C=O) groups is 1. The Hall–Kier alpha value is -2.66. The van der Waals surface area contributed by atoms with E-state index in [0.717, 1.165) is 22.4 Å². The minimum Gasteiger partial charge on any atom is -0.380 e. The zero-order valence-electron chi connectivity index (χ0n) is 14.1.